The number of nitrogens with zero attached hydrogens (tertiary/aromatic N) is 1. The molecule has 2 rings (SSSR count). The molecule has 0 saturated carbocycles. The Labute approximate surface area is 117 Å². The van der Waals surface area contributed by atoms with E-state index >= 15 is 0 Å². The van der Waals surface area contributed by atoms with E-state index in [9.17, 15) is 13.2 Å². The lowest BCUT2D eigenvalue weighted by Gasteiger charge is -2.26. The van der Waals surface area contributed by atoms with Crippen LogP contribution in [0.4, 0.5) is 18.9 Å². The number of hydrogen-bond acceptors (Lipinski definition) is 2. The number of halogens is 3. The zero-order chi connectivity index (χ0) is 14.6. The molecule has 1 heterocycles. The van der Waals surface area contributed by atoms with Crippen LogP contribution in [0.2, 0.25) is 0 Å². The summed E-state index contributed by atoms with van der Waals surface area (Å²) in [4.78, 5) is 1.88. The van der Waals surface area contributed by atoms with Crippen molar-refractivity contribution in [1.29, 1.82) is 0 Å². The first-order valence-electron chi connectivity index (χ1n) is 7.17. The maximum absolute atomic E-state index is 13.3. The molecule has 0 aliphatic carbocycles. The predicted molar refractivity (Wildman–Crippen MR) is 74.9 cm³/mol. The summed E-state index contributed by atoms with van der Waals surface area (Å²) in [5.74, 6) is 0. The molecule has 20 heavy (non-hydrogen) atoms. The standard InChI is InChI=1S/C15H21F3N2/c16-15(17,18)13-11-12(7-8-19)5-6-14(13)20-9-3-1-2-4-10-20/h5-6,11H,1-4,7-10,19H2. The van der Waals surface area contributed by atoms with Crippen molar-refractivity contribution in [2.45, 2.75) is 38.3 Å². The minimum atomic E-state index is -4.31. The van der Waals surface area contributed by atoms with Crippen molar-refractivity contribution in [3.05, 3.63) is 29.3 Å². The second-order valence-corrected chi connectivity index (χ2v) is 5.29. The van der Waals surface area contributed by atoms with Gasteiger partial charge in [-0.1, -0.05) is 18.9 Å². The van der Waals surface area contributed by atoms with Crippen LogP contribution in [0.1, 0.15) is 36.8 Å². The average molecular weight is 286 g/mol. The van der Waals surface area contributed by atoms with Crippen LogP contribution < -0.4 is 10.6 Å². The van der Waals surface area contributed by atoms with Crippen LogP contribution in [-0.4, -0.2) is 19.6 Å². The third-order valence-electron chi connectivity index (χ3n) is 3.75. The van der Waals surface area contributed by atoms with E-state index < -0.39 is 11.7 Å². The normalized spacial score (nSPS) is 17.1. The Balaban J connectivity index is 2.35. The molecule has 1 aromatic rings. The topological polar surface area (TPSA) is 29.3 Å². The van der Waals surface area contributed by atoms with Gasteiger partial charge in [0, 0.05) is 18.8 Å². The van der Waals surface area contributed by atoms with E-state index in [0.717, 1.165) is 25.7 Å². The number of hydrogen-bond donors (Lipinski definition) is 1. The van der Waals surface area contributed by atoms with Crippen molar-refractivity contribution < 1.29 is 13.2 Å². The minimum absolute atomic E-state index is 0.320. The Morgan fingerprint density at radius 3 is 2.25 bits per heavy atom. The summed E-state index contributed by atoms with van der Waals surface area (Å²) in [7, 11) is 0. The zero-order valence-corrected chi connectivity index (χ0v) is 11.5. The molecule has 0 bridgehead atoms. The fourth-order valence-electron chi connectivity index (χ4n) is 2.72. The Hall–Kier alpha value is -1.23. The third-order valence-corrected chi connectivity index (χ3v) is 3.75. The van der Waals surface area contributed by atoms with Crippen molar-refractivity contribution in [3.8, 4) is 0 Å². The van der Waals surface area contributed by atoms with Crippen LogP contribution in [0.25, 0.3) is 0 Å². The maximum Gasteiger partial charge on any atom is 0.418 e. The largest absolute Gasteiger partial charge is 0.418 e. The monoisotopic (exact) mass is 286 g/mol. The molecule has 5 heteroatoms. The highest BCUT2D eigenvalue weighted by atomic mass is 19.4. The molecule has 112 valence electrons. The molecule has 2 N–H and O–H groups in total. The minimum Gasteiger partial charge on any atom is -0.371 e. The van der Waals surface area contributed by atoms with Gasteiger partial charge in [-0.25, -0.2) is 0 Å². The molecular formula is C15H21F3N2. The molecular weight excluding hydrogens is 265 g/mol. The summed E-state index contributed by atoms with van der Waals surface area (Å²) in [5.41, 5.74) is 5.88. The first kappa shape index (κ1) is 15.2. The van der Waals surface area contributed by atoms with Gasteiger partial charge in [0.2, 0.25) is 0 Å². The molecule has 0 unspecified atom stereocenters. The van der Waals surface area contributed by atoms with Crippen molar-refractivity contribution in [1.82, 2.24) is 0 Å². The second-order valence-electron chi connectivity index (χ2n) is 5.29. The molecule has 0 aromatic heterocycles. The van der Waals surface area contributed by atoms with Crippen molar-refractivity contribution in [3.63, 3.8) is 0 Å². The highest BCUT2D eigenvalue weighted by Gasteiger charge is 2.35. The van der Waals surface area contributed by atoms with Gasteiger partial charge in [-0.2, -0.15) is 13.2 Å². The van der Waals surface area contributed by atoms with Gasteiger partial charge >= 0.3 is 6.18 Å². The molecule has 0 spiro atoms. The van der Waals surface area contributed by atoms with Gasteiger partial charge in [-0.3, -0.25) is 0 Å². The van der Waals surface area contributed by atoms with E-state index in [1.54, 1.807) is 12.1 Å². The molecule has 1 aliphatic heterocycles. The first-order valence-corrected chi connectivity index (χ1v) is 7.17. The van der Waals surface area contributed by atoms with Crippen molar-refractivity contribution in [2.24, 2.45) is 5.73 Å². The summed E-state index contributed by atoms with van der Waals surface area (Å²) in [6, 6.07) is 4.63. The highest BCUT2D eigenvalue weighted by Crippen LogP contribution is 2.38. The van der Waals surface area contributed by atoms with E-state index in [2.05, 4.69) is 0 Å². The van der Waals surface area contributed by atoms with Crippen LogP contribution in [0, 0.1) is 0 Å². The average Bonchev–Trinajstić information content (AvgIpc) is 2.67. The number of benzene rings is 1. The number of rotatable bonds is 3. The fourth-order valence-corrected chi connectivity index (χ4v) is 2.72. The molecule has 1 fully saturated rings. The Morgan fingerprint density at radius 1 is 1.05 bits per heavy atom. The zero-order valence-electron chi connectivity index (χ0n) is 11.5. The van der Waals surface area contributed by atoms with Gasteiger partial charge in [0.25, 0.3) is 0 Å². The first-order chi connectivity index (χ1) is 9.52. The van der Waals surface area contributed by atoms with Gasteiger partial charge in [-0.05, 0) is 43.5 Å². The molecule has 1 aliphatic rings. The third kappa shape index (κ3) is 3.66. The number of alkyl halides is 3. The summed E-state index contributed by atoms with van der Waals surface area (Å²) in [5, 5.41) is 0. The van der Waals surface area contributed by atoms with Gasteiger partial charge in [0.15, 0.2) is 0 Å². The maximum atomic E-state index is 13.3. The Bertz CT molecular complexity index is 435. The smallest absolute Gasteiger partial charge is 0.371 e. The molecule has 2 nitrogen and oxygen atoms in total. The van der Waals surface area contributed by atoms with Gasteiger partial charge < -0.3 is 10.6 Å². The molecule has 0 atom stereocenters. The van der Waals surface area contributed by atoms with E-state index in [0.29, 0.717) is 37.3 Å². The number of nitrogens with two attached hydrogens (primary N) is 1. The molecule has 1 aromatic carbocycles. The SMILES string of the molecule is NCCc1ccc(N2CCCCCC2)c(C(F)(F)F)c1. The molecule has 0 amide bonds. The van der Waals surface area contributed by atoms with E-state index in [-0.39, 0.29) is 0 Å². The Morgan fingerprint density at radius 2 is 1.70 bits per heavy atom. The van der Waals surface area contributed by atoms with E-state index in [1.165, 1.54) is 6.07 Å². The van der Waals surface area contributed by atoms with Crippen LogP contribution in [-0.2, 0) is 12.6 Å². The van der Waals surface area contributed by atoms with Gasteiger partial charge in [0.05, 0.1) is 5.56 Å². The summed E-state index contributed by atoms with van der Waals surface area (Å²) >= 11 is 0. The quantitative estimate of drug-likeness (QED) is 0.920. The fraction of sp³-hybridized carbons (Fsp3) is 0.600. The number of anilines is 1. The molecule has 0 radical (unpaired) electrons. The lowest BCUT2D eigenvalue weighted by atomic mass is 10.0. The van der Waals surface area contributed by atoms with Gasteiger partial charge in [0.1, 0.15) is 0 Å². The predicted octanol–water partition coefficient (Wildman–Crippen LogP) is 3.59. The Kier molecular flexibility index (Phi) is 4.91. The van der Waals surface area contributed by atoms with Crippen LogP contribution in [0.5, 0.6) is 0 Å². The second kappa shape index (κ2) is 6.48. The lowest BCUT2D eigenvalue weighted by Crippen LogP contribution is -2.27. The van der Waals surface area contributed by atoms with E-state index in [1.807, 2.05) is 4.90 Å². The van der Waals surface area contributed by atoms with Crippen LogP contribution in [0.3, 0.4) is 0 Å². The molecule has 1 saturated heterocycles. The highest BCUT2D eigenvalue weighted by molar-refractivity contribution is 5.56. The summed E-state index contributed by atoms with van der Waals surface area (Å²) in [6.45, 7) is 1.78. The van der Waals surface area contributed by atoms with Crippen LogP contribution >= 0.6 is 0 Å². The van der Waals surface area contributed by atoms with Gasteiger partial charge in [-0.15, -0.1) is 0 Å². The lowest BCUT2D eigenvalue weighted by molar-refractivity contribution is -0.137. The summed E-state index contributed by atoms with van der Waals surface area (Å²) < 4.78 is 39.8. The van der Waals surface area contributed by atoms with E-state index in [4.69, 9.17) is 5.73 Å². The van der Waals surface area contributed by atoms with Crippen molar-refractivity contribution >= 4 is 5.69 Å². The van der Waals surface area contributed by atoms with Crippen molar-refractivity contribution in [2.75, 3.05) is 24.5 Å². The summed E-state index contributed by atoms with van der Waals surface area (Å²) in [6.07, 6.45) is 0.283. The van der Waals surface area contributed by atoms with Crippen LogP contribution in [0.15, 0.2) is 18.2 Å².